The first-order chi connectivity index (χ1) is 16.4. The largest absolute Gasteiger partial charge is 0.333 e. The van der Waals surface area contributed by atoms with E-state index in [0.717, 1.165) is 29.4 Å². The number of fused-ring (bicyclic) bond motifs is 1. The summed E-state index contributed by atoms with van der Waals surface area (Å²) in [6.45, 7) is 3.10. The van der Waals surface area contributed by atoms with Crippen molar-refractivity contribution < 1.29 is 13.2 Å². The third-order valence-electron chi connectivity index (χ3n) is 7.21. The van der Waals surface area contributed by atoms with Crippen molar-refractivity contribution >= 4 is 26.7 Å². The molecule has 1 amide bonds. The number of nitrogens with zero attached hydrogens (tertiary/aromatic N) is 3. The Labute approximate surface area is 201 Å². The molecule has 3 aromatic carbocycles. The zero-order valence-corrected chi connectivity index (χ0v) is 20.3. The predicted octanol–water partition coefficient (Wildman–Crippen LogP) is 3.76. The van der Waals surface area contributed by atoms with E-state index in [4.69, 9.17) is 0 Å². The number of hydrogen-bond donors (Lipinski definition) is 0. The Hall–Kier alpha value is -2.74. The second kappa shape index (κ2) is 9.49. The van der Waals surface area contributed by atoms with Gasteiger partial charge in [0.25, 0.3) is 0 Å². The standard InChI is InChI=1S/C27H31N3O3S/c1-28-17-18-30(26(20-28)22-8-3-2-4-9-22)27(31)23-13-15-29(16-14-23)34(32,33)25-12-11-21-7-5-6-10-24(21)19-25/h2-12,19,23,26H,13-18,20H2,1H3. The Morgan fingerprint density at radius 2 is 1.50 bits per heavy atom. The van der Waals surface area contributed by atoms with Crippen molar-refractivity contribution in [2.75, 3.05) is 39.8 Å². The number of amides is 1. The summed E-state index contributed by atoms with van der Waals surface area (Å²) in [5, 5.41) is 1.93. The second-order valence-electron chi connectivity index (χ2n) is 9.41. The van der Waals surface area contributed by atoms with E-state index in [1.165, 1.54) is 0 Å². The van der Waals surface area contributed by atoms with E-state index in [0.29, 0.717) is 37.4 Å². The molecule has 5 rings (SSSR count). The number of piperazine rings is 1. The Morgan fingerprint density at radius 3 is 2.24 bits per heavy atom. The lowest BCUT2D eigenvalue weighted by molar-refractivity contribution is -0.141. The summed E-state index contributed by atoms with van der Waals surface area (Å²) in [5.74, 6) is 0.0161. The molecule has 2 aliphatic rings. The first-order valence-corrected chi connectivity index (χ1v) is 13.4. The lowest BCUT2D eigenvalue weighted by atomic mass is 9.94. The van der Waals surface area contributed by atoms with E-state index >= 15 is 0 Å². The van der Waals surface area contributed by atoms with Crippen molar-refractivity contribution in [1.82, 2.24) is 14.1 Å². The maximum absolute atomic E-state index is 13.6. The smallest absolute Gasteiger partial charge is 0.243 e. The van der Waals surface area contributed by atoms with Crippen LogP contribution in [0.1, 0.15) is 24.4 Å². The molecule has 178 valence electrons. The summed E-state index contributed by atoms with van der Waals surface area (Å²) in [7, 11) is -1.50. The zero-order valence-electron chi connectivity index (χ0n) is 19.5. The Balaban J connectivity index is 1.29. The summed E-state index contributed by atoms with van der Waals surface area (Å²) in [5.41, 5.74) is 1.15. The molecule has 0 aromatic heterocycles. The van der Waals surface area contributed by atoms with Crippen molar-refractivity contribution in [3.05, 3.63) is 78.4 Å². The van der Waals surface area contributed by atoms with E-state index in [9.17, 15) is 13.2 Å². The van der Waals surface area contributed by atoms with Crippen molar-refractivity contribution in [2.45, 2.75) is 23.8 Å². The molecule has 0 aliphatic carbocycles. The van der Waals surface area contributed by atoms with Crippen LogP contribution < -0.4 is 0 Å². The molecule has 2 aliphatic heterocycles. The molecule has 0 saturated carbocycles. The van der Waals surface area contributed by atoms with Crippen LogP contribution in [0.2, 0.25) is 0 Å². The quantitative estimate of drug-likeness (QED) is 0.574. The monoisotopic (exact) mass is 477 g/mol. The molecule has 1 atom stereocenters. The highest BCUT2D eigenvalue weighted by molar-refractivity contribution is 7.89. The van der Waals surface area contributed by atoms with Crippen molar-refractivity contribution in [2.24, 2.45) is 5.92 Å². The van der Waals surface area contributed by atoms with Crippen LogP contribution in [0, 0.1) is 5.92 Å². The molecule has 34 heavy (non-hydrogen) atoms. The highest BCUT2D eigenvalue weighted by Crippen LogP contribution is 2.31. The summed E-state index contributed by atoms with van der Waals surface area (Å²) >= 11 is 0. The molecule has 0 radical (unpaired) electrons. The Morgan fingerprint density at radius 1 is 0.824 bits per heavy atom. The third-order valence-corrected chi connectivity index (χ3v) is 9.11. The van der Waals surface area contributed by atoms with E-state index in [2.05, 4.69) is 24.1 Å². The zero-order chi connectivity index (χ0) is 23.7. The molecule has 2 fully saturated rings. The molecule has 3 aromatic rings. The van der Waals surface area contributed by atoms with Crippen LogP contribution in [0.4, 0.5) is 0 Å². The topological polar surface area (TPSA) is 60.9 Å². The first-order valence-electron chi connectivity index (χ1n) is 12.0. The van der Waals surface area contributed by atoms with E-state index in [1.807, 2.05) is 53.4 Å². The van der Waals surface area contributed by atoms with Gasteiger partial charge in [0.2, 0.25) is 15.9 Å². The fraction of sp³-hybridized carbons (Fsp3) is 0.370. The van der Waals surface area contributed by atoms with Crippen LogP contribution in [-0.4, -0.2) is 68.2 Å². The third kappa shape index (κ3) is 4.48. The summed E-state index contributed by atoms with van der Waals surface area (Å²) in [6.07, 6.45) is 1.11. The molecular formula is C27H31N3O3S. The van der Waals surface area contributed by atoms with Crippen molar-refractivity contribution in [1.29, 1.82) is 0 Å². The highest BCUT2D eigenvalue weighted by Gasteiger charge is 2.37. The molecule has 6 nitrogen and oxygen atoms in total. The minimum Gasteiger partial charge on any atom is -0.333 e. The van der Waals surface area contributed by atoms with Gasteiger partial charge in [0.1, 0.15) is 0 Å². The van der Waals surface area contributed by atoms with Gasteiger partial charge in [-0.3, -0.25) is 4.79 Å². The van der Waals surface area contributed by atoms with Gasteiger partial charge in [0, 0.05) is 38.6 Å². The second-order valence-corrected chi connectivity index (χ2v) is 11.3. The number of sulfonamides is 1. The van der Waals surface area contributed by atoms with E-state index in [1.54, 1.807) is 16.4 Å². The molecule has 0 spiro atoms. The number of likely N-dealkylation sites (N-methyl/N-ethyl adjacent to an activating group) is 1. The van der Waals surface area contributed by atoms with Gasteiger partial charge in [0.05, 0.1) is 10.9 Å². The van der Waals surface area contributed by atoms with Crippen LogP contribution in [0.5, 0.6) is 0 Å². The van der Waals surface area contributed by atoms with Gasteiger partial charge < -0.3 is 9.80 Å². The van der Waals surface area contributed by atoms with Crippen LogP contribution in [0.3, 0.4) is 0 Å². The van der Waals surface area contributed by atoms with Gasteiger partial charge in [0.15, 0.2) is 0 Å². The SMILES string of the molecule is CN1CCN(C(=O)C2CCN(S(=O)(=O)c3ccc4ccccc4c3)CC2)C(c2ccccc2)C1. The van der Waals surface area contributed by atoms with Gasteiger partial charge in [-0.25, -0.2) is 8.42 Å². The van der Waals surface area contributed by atoms with Gasteiger partial charge in [-0.2, -0.15) is 4.31 Å². The molecule has 0 N–H and O–H groups in total. The van der Waals surface area contributed by atoms with Crippen LogP contribution in [-0.2, 0) is 14.8 Å². The van der Waals surface area contributed by atoms with Crippen LogP contribution in [0.25, 0.3) is 10.8 Å². The number of hydrogen-bond acceptors (Lipinski definition) is 4. The van der Waals surface area contributed by atoms with Gasteiger partial charge in [-0.1, -0.05) is 60.7 Å². The Kier molecular flexibility index (Phi) is 6.42. The highest BCUT2D eigenvalue weighted by atomic mass is 32.2. The normalized spacial score (nSPS) is 21.1. The minimum atomic E-state index is -3.59. The maximum Gasteiger partial charge on any atom is 0.243 e. The first kappa shape index (κ1) is 23.0. The number of carbonyl (C=O) groups excluding carboxylic acids is 1. The number of carbonyl (C=O) groups is 1. The minimum absolute atomic E-state index is 0.0341. The molecule has 1 unspecified atom stereocenters. The van der Waals surface area contributed by atoms with Gasteiger partial charge >= 0.3 is 0 Å². The lowest BCUT2D eigenvalue weighted by Gasteiger charge is -2.43. The fourth-order valence-corrected chi connectivity index (χ4v) is 6.70. The van der Waals surface area contributed by atoms with Crippen molar-refractivity contribution in [3.8, 4) is 0 Å². The predicted molar refractivity (Wildman–Crippen MR) is 134 cm³/mol. The Bertz CT molecular complexity index is 1270. The maximum atomic E-state index is 13.6. The summed E-state index contributed by atoms with van der Waals surface area (Å²) in [6, 6.07) is 23.3. The van der Waals surface area contributed by atoms with E-state index in [-0.39, 0.29) is 17.9 Å². The molecule has 2 saturated heterocycles. The number of piperidine rings is 1. The average Bonchev–Trinajstić information content (AvgIpc) is 2.88. The van der Waals surface area contributed by atoms with Gasteiger partial charge in [-0.15, -0.1) is 0 Å². The van der Waals surface area contributed by atoms with Gasteiger partial charge in [-0.05, 0) is 48.4 Å². The molecule has 0 bridgehead atoms. The number of rotatable bonds is 4. The van der Waals surface area contributed by atoms with Crippen LogP contribution in [0.15, 0.2) is 77.7 Å². The molecular weight excluding hydrogens is 446 g/mol. The molecule has 7 heteroatoms. The van der Waals surface area contributed by atoms with Crippen molar-refractivity contribution in [3.63, 3.8) is 0 Å². The summed E-state index contributed by atoms with van der Waals surface area (Å²) in [4.78, 5) is 18.2. The van der Waals surface area contributed by atoms with Crippen LogP contribution >= 0.6 is 0 Å². The lowest BCUT2D eigenvalue weighted by Crippen LogP contribution is -2.52. The fourth-order valence-electron chi connectivity index (χ4n) is 5.20. The molecule has 2 heterocycles. The number of benzene rings is 3. The summed E-state index contributed by atoms with van der Waals surface area (Å²) < 4.78 is 28.2. The van der Waals surface area contributed by atoms with E-state index < -0.39 is 10.0 Å². The average molecular weight is 478 g/mol.